The largest absolute Gasteiger partial charge is 0.490 e. The minimum Gasteiger partial charge on any atom is -0.490 e. The van der Waals surface area contributed by atoms with E-state index < -0.39 is 6.10 Å². The Morgan fingerprint density at radius 1 is 1.47 bits per heavy atom. The second-order valence-electron chi connectivity index (χ2n) is 4.56. The maximum absolute atomic E-state index is 9.64. The van der Waals surface area contributed by atoms with Crippen molar-refractivity contribution in [3.8, 4) is 11.5 Å². The zero-order valence-corrected chi connectivity index (χ0v) is 11.7. The summed E-state index contributed by atoms with van der Waals surface area (Å²) in [7, 11) is 0. The lowest BCUT2D eigenvalue weighted by Gasteiger charge is -2.06. The SMILES string of the molecule is Cc1nc(COc2ccc3c(c2)OCC3O)sc1C. The molecule has 0 fully saturated rings. The topological polar surface area (TPSA) is 51.6 Å². The first-order chi connectivity index (χ1) is 9.13. The molecule has 19 heavy (non-hydrogen) atoms. The molecule has 1 aliphatic heterocycles. The number of ether oxygens (including phenoxy) is 2. The van der Waals surface area contributed by atoms with E-state index in [0.717, 1.165) is 22.0 Å². The first-order valence-corrected chi connectivity index (χ1v) is 6.95. The number of rotatable bonds is 3. The number of hydrogen-bond acceptors (Lipinski definition) is 5. The summed E-state index contributed by atoms with van der Waals surface area (Å²) < 4.78 is 11.1. The Morgan fingerprint density at radius 2 is 2.32 bits per heavy atom. The van der Waals surface area contributed by atoms with Gasteiger partial charge in [0, 0.05) is 16.5 Å². The highest BCUT2D eigenvalue weighted by Gasteiger charge is 2.22. The maximum atomic E-state index is 9.64. The average molecular weight is 277 g/mol. The summed E-state index contributed by atoms with van der Waals surface area (Å²) in [6.07, 6.45) is -0.520. The van der Waals surface area contributed by atoms with Crippen LogP contribution in [-0.4, -0.2) is 16.7 Å². The van der Waals surface area contributed by atoms with Gasteiger partial charge in [-0.2, -0.15) is 0 Å². The van der Waals surface area contributed by atoms with Gasteiger partial charge in [-0.25, -0.2) is 4.98 Å². The molecule has 2 aromatic rings. The first kappa shape index (κ1) is 12.4. The van der Waals surface area contributed by atoms with Crippen LogP contribution in [0, 0.1) is 13.8 Å². The molecule has 0 saturated heterocycles. The van der Waals surface area contributed by atoms with Crippen LogP contribution >= 0.6 is 11.3 Å². The van der Waals surface area contributed by atoms with Crippen LogP contribution in [-0.2, 0) is 6.61 Å². The summed E-state index contributed by atoms with van der Waals surface area (Å²) in [5, 5.41) is 10.6. The molecule has 100 valence electrons. The Bertz CT molecular complexity index is 589. The van der Waals surface area contributed by atoms with Gasteiger partial charge < -0.3 is 14.6 Å². The number of thiazole rings is 1. The van der Waals surface area contributed by atoms with E-state index in [0.29, 0.717) is 19.0 Å². The number of aliphatic hydroxyl groups is 1. The molecule has 1 atom stereocenters. The fourth-order valence-corrected chi connectivity index (χ4v) is 2.86. The molecule has 0 amide bonds. The van der Waals surface area contributed by atoms with Crippen molar-refractivity contribution in [2.45, 2.75) is 26.6 Å². The second-order valence-corrected chi connectivity index (χ2v) is 5.85. The van der Waals surface area contributed by atoms with Gasteiger partial charge in [0.2, 0.25) is 0 Å². The van der Waals surface area contributed by atoms with Gasteiger partial charge in [0.15, 0.2) is 0 Å². The number of nitrogens with zero attached hydrogens (tertiary/aromatic N) is 1. The van der Waals surface area contributed by atoms with E-state index >= 15 is 0 Å². The fourth-order valence-electron chi connectivity index (χ4n) is 2.01. The lowest BCUT2D eigenvalue weighted by atomic mass is 10.1. The fraction of sp³-hybridized carbons (Fsp3) is 0.357. The highest BCUT2D eigenvalue weighted by Crippen LogP contribution is 2.35. The van der Waals surface area contributed by atoms with Crippen molar-refractivity contribution in [1.82, 2.24) is 4.98 Å². The molecule has 3 rings (SSSR count). The summed E-state index contributed by atoms with van der Waals surface area (Å²) in [4.78, 5) is 5.65. The summed E-state index contributed by atoms with van der Waals surface area (Å²) in [6.45, 7) is 4.84. The van der Waals surface area contributed by atoms with Crippen LogP contribution in [0.5, 0.6) is 11.5 Å². The van der Waals surface area contributed by atoms with Crippen molar-refractivity contribution in [1.29, 1.82) is 0 Å². The minimum absolute atomic E-state index is 0.323. The Hall–Kier alpha value is -1.59. The third-order valence-corrected chi connectivity index (χ3v) is 4.22. The average Bonchev–Trinajstić information content (AvgIpc) is 2.91. The van der Waals surface area contributed by atoms with E-state index in [-0.39, 0.29) is 0 Å². The van der Waals surface area contributed by atoms with Gasteiger partial charge in [0.25, 0.3) is 0 Å². The Labute approximate surface area is 115 Å². The molecule has 0 aliphatic carbocycles. The summed E-state index contributed by atoms with van der Waals surface area (Å²) >= 11 is 1.65. The van der Waals surface area contributed by atoms with Crippen molar-refractivity contribution >= 4 is 11.3 Å². The highest BCUT2D eigenvalue weighted by molar-refractivity contribution is 7.11. The van der Waals surface area contributed by atoms with E-state index in [1.54, 1.807) is 11.3 Å². The first-order valence-electron chi connectivity index (χ1n) is 6.14. The second kappa shape index (κ2) is 4.83. The minimum atomic E-state index is -0.520. The van der Waals surface area contributed by atoms with Crippen molar-refractivity contribution in [2.75, 3.05) is 6.61 Å². The number of fused-ring (bicyclic) bond motifs is 1. The molecule has 0 bridgehead atoms. The number of aromatic nitrogens is 1. The quantitative estimate of drug-likeness (QED) is 0.937. The van der Waals surface area contributed by atoms with Gasteiger partial charge in [-0.05, 0) is 26.0 Å². The number of aryl methyl sites for hydroxylation is 2. The van der Waals surface area contributed by atoms with Crippen molar-refractivity contribution < 1.29 is 14.6 Å². The summed E-state index contributed by atoms with van der Waals surface area (Å²) in [5.41, 5.74) is 1.89. The van der Waals surface area contributed by atoms with Crippen LogP contribution in [0.15, 0.2) is 18.2 Å². The highest BCUT2D eigenvalue weighted by atomic mass is 32.1. The predicted octanol–water partition coefficient (Wildman–Crippen LogP) is 2.76. The molecular weight excluding hydrogens is 262 g/mol. The van der Waals surface area contributed by atoms with Gasteiger partial charge in [-0.3, -0.25) is 0 Å². The zero-order valence-electron chi connectivity index (χ0n) is 10.8. The molecule has 1 aliphatic rings. The Morgan fingerprint density at radius 3 is 3.05 bits per heavy atom. The number of benzene rings is 1. The molecule has 0 saturated carbocycles. The van der Waals surface area contributed by atoms with E-state index in [2.05, 4.69) is 11.9 Å². The Kier molecular flexibility index (Phi) is 3.16. The molecule has 1 aromatic carbocycles. The zero-order chi connectivity index (χ0) is 13.4. The third kappa shape index (κ3) is 2.43. The lowest BCUT2D eigenvalue weighted by molar-refractivity contribution is 0.140. The molecule has 1 N–H and O–H groups in total. The van der Waals surface area contributed by atoms with Crippen LogP contribution in [0.1, 0.15) is 27.2 Å². The van der Waals surface area contributed by atoms with Crippen molar-refractivity contribution in [3.63, 3.8) is 0 Å². The molecule has 0 spiro atoms. The van der Waals surface area contributed by atoms with Crippen LogP contribution < -0.4 is 9.47 Å². The molecular formula is C14H15NO3S. The molecule has 1 unspecified atom stereocenters. The molecule has 5 heteroatoms. The molecule has 0 radical (unpaired) electrons. The number of aliphatic hydroxyl groups excluding tert-OH is 1. The van der Waals surface area contributed by atoms with E-state index in [9.17, 15) is 5.11 Å². The van der Waals surface area contributed by atoms with Crippen molar-refractivity contribution in [3.05, 3.63) is 39.3 Å². The lowest BCUT2D eigenvalue weighted by Crippen LogP contribution is -1.97. The number of hydrogen-bond donors (Lipinski definition) is 1. The van der Waals surface area contributed by atoms with E-state index in [4.69, 9.17) is 9.47 Å². The van der Waals surface area contributed by atoms with Gasteiger partial charge >= 0.3 is 0 Å². The van der Waals surface area contributed by atoms with Crippen LogP contribution in [0.2, 0.25) is 0 Å². The van der Waals surface area contributed by atoms with Gasteiger partial charge in [0.1, 0.15) is 35.8 Å². The standard InChI is InChI=1S/C14H15NO3S/c1-8-9(2)19-14(15-8)7-17-10-3-4-11-12(16)6-18-13(11)5-10/h3-5,12,16H,6-7H2,1-2H3. The predicted molar refractivity (Wildman–Crippen MR) is 72.8 cm³/mol. The van der Waals surface area contributed by atoms with Crippen LogP contribution in [0.3, 0.4) is 0 Å². The molecule has 2 heterocycles. The molecule has 1 aromatic heterocycles. The molecule has 4 nitrogen and oxygen atoms in total. The van der Waals surface area contributed by atoms with E-state index in [1.807, 2.05) is 25.1 Å². The monoisotopic (exact) mass is 277 g/mol. The summed E-state index contributed by atoms with van der Waals surface area (Å²) in [5.74, 6) is 1.44. The van der Waals surface area contributed by atoms with Gasteiger partial charge in [-0.15, -0.1) is 11.3 Å². The van der Waals surface area contributed by atoms with E-state index in [1.165, 1.54) is 4.88 Å². The third-order valence-electron chi connectivity index (χ3n) is 3.18. The smallest absolute Gasteiger partial charge is 0.140 e. The summed E-state index contributed by atoms with van der Waals surface area (Å²) in [6, 6.07) is 5.52. The maximum Gasteiger partial charge on any atom is 0.140 e. The van der Waals surface area contributed by atoms with Gasteiger partial charge in [-0.1, -0.05) is 0 Å². The normalized spacial score (nSPS) is 17.1. The van der Waals surface area contributed by atoms with Gasteiger partial charge in [0.05, 0.1) is 5.69 Å². The van der Waals surface area contributed by atoms with Crippen LogP contribution in [0.25, 0.3) is 0 Å². The Balaban J connectivity index is 1.71. The van der Waals surface area contributed by atoms with Crippen molar-refractivity contribution in [2.24, 2.45) is 0 Å². The van der Waals surface area contributed by atoms with Crippen LogP contribution in [0.4, 0.5) is 0 Å².